The second-order valence-electron chi connectivity index (χ2n) is 7.43. The number of anilines is 1. The molecule has 0 spiro atoms. The van der Waals surface area contributed by atoms with Gasteiger partial charge in [-0.05, 0) is 55.5 Å². The normalized spacial score (nSPS) is 10.9. The maximum absolute atomic E-state index is 12.7. The average molecular weight is 449 g/mol. The number of aromatic nitrogens is 3. The number of carbonyl (C=O) groups excluding carboxylic acids is 1. The molecular weight excluding hydrogens is 424 g/mol. The third-order valence-electron chi connectivity index (χ3n) is 4.98. The first-order chi connectivity index (χ1) is 15.0. The summed E-state index contributed by atoms with van der Waals surface area (Å²) < 4.78 is 2.05. The average Bonchev–Trinajstić information content (AvgIpc) is 3.40. The van der Waals surface area contributed by atoms with Crippen LogP contribution in [0.2, 0.25) is 0 Å². The molecule has 5 nitrogen and oxygen atoms in total. The van der Waals surface area contributed by atoms with E-state index in [-0.39, 0.29) is 11.7 Å². The maximum Gasteiger partial charge on any atom is 0.234 e. The predicted octanol–water partition coefficient (Wildman–Crippen LogP) is 5.58. The van der Waals surface area contributed by atoms with Crippen LogP contribution in [0.5, 0.6) is 0 Å². The van der Waals surface area contributed by atoms with Crippen LogP contribution in [0.4, 0.5) is 5.69 Å². The minimum Gasteiger partial charge on any atom is -0.325 e. The van der Waals surface area contributed by atoms with Crippen LogP contribution >= 0.6 is 23.1 Å². The summed E-state index contributed by atoms with van der Waals surface area (Å²) in [4.78, 5) is 13.9. The molecule has 2 heterocycles. The molecule has 0 bridgehead atoms. The third-order valence-corrected chi connectivity index (χ3v) is 6.79. The molecule has 0 saturated carbocycles. The van der Waals surface area contributed by atoms with Gasteiger partial charge in [0, 0.05) is 22.7 Å². The fraction of sp³-hybridized carbons (Fsp3) is 0.208. The Labute approximate surface area is 190 Å². The SMILES string of the molecule is Cc1ccc(-n2c(Cc3cccs3)nnc2SCC(=O)Nc2c(C)cccc2C)cc1. The second-order valence-corrected chi connectivity index (χ2v) is 9.40. The van der Waals surface area contributed by atoms with Crippen molar-refractivity contribution in [2.24, 2.45) is 0 Å². The number of benzene rings is 2. The maximum atomic E-state index is 12.7. The van der Waals surface area contributed by atoms with Crippen LogP contribution in [0.1, 0.15) is 27.4 Å². The van der Waals surface area contributed by atoms with E-state index >= 15 is 0 Å². The fourth-order valence-electron chi connectivity index (χ4n) is 3.35. The van der Waals surface area contributed by atoms with Gasteiger partial charge in [0.05, 0.1) is 5.75 Å². The lowest BCUT2D eigenvalue weighted by atomic mass is 10.1. The molecule has 0 fully saturated rings. The van der Waals surface area contributed by atoms with Gasteiger partial charge in [-0.15, -0.1) is 21.5 Å². The summed E-state index contributed by atoms with van der Waals surface area (Å²) in [6.45, 7) is 6.07. The van der Waals surface area contributed by atoms with E-state index in [4.69, 9.17) is 0 Å². The number of thiophene rings is 1. The van der Waals surface area contributed by atoms with Crippen LogP contribution in [0.3, 0.4) is 0 Å². The van der Waals surface area contributed by atoms with Crippen molar-refractivity contribution in [2.75, 3.05) is 11.1 Å². The van der Waals surface area contributed by atoms with Crippen LogP contribution in [-0.4, -0.2) is 26.4 Å². The van der Waals surface area contributed by atoms with Crippen molar-refractivity contribution in [3.8, 4) is 5.69 Å². The van der Waals surface area contributed by atoms with Crippen molar-refractivity contribution in [2.45, 2.75) is 32.3 Å². The largest absolute Gasteiger partial charge is 0.325 e. The fourth-order valence-corrected chi connectivity index (χ4v) is 4.82. The molecule has 4 aromatic rings. The van der Waals surface area contributed by atoms with Gasteiger partial charge in [0.15, 0.2) is 5.16 Å². The van der Waals surface area contributed by atoms with Gasteiger partial charge < -0.3 is 5.32 Å². The molecule has 0 saturated heterocycles. The summed E-state index contributed by atoms with van der Waals surface area (Å²) in [5, 5.41) is 14.7. The lowest BCUT2D eigenvalue weighted by molar-refractivity contribution is -0.113. The molecule has 0 aliphatic rings. The van der Waals surface area contributed by atoms with E-state index in [1.807, 2.05) is 38.1 Å². The van der Waals surface area contributed by atoms with Gasteiger partial charge in [0.25, 0.3) is 0 Å². The van der Waals surface area contributed by atoms with Crippen molar-refractivity contribution in [1.82, 2.24) is 14.8 Å². The monoisotopic (exact) mass is 448 g/mol. The number of para-hydroxylation sites is 1. The molecule has 0 radical (unpaired) electrons. The molecule has 4 rings (SSSR count). The molecular formula is C24H24N4OS2. The zero-order valence-corrected chi connectivity index (χ0v) is 19.4. The van der Waals surface area contributed by atoms with Gasteiger partial charge in [0.1, 0.15) is 5.82 Å². The second kappa shape index (κ2) is 9.49. The van der Waals surface area contributed by atoms with E-state index in [1.165, 1.54) is 22.2 Å². The van der Waals surface area contributed by atoms with Gasteiger partial charge in [-0.3, -0.25) is 9.36 Å². The van der Waals surface area contributed by atoms with Gasteiger partial charge in [-0.2, -0.15) is 0 Å². The number of aryl methyl sites for hydroxylation is 3. The van der Waals surface area contributed by atoms with Crippen LogP contribution in [-0.2, 0) is 11.2 Å². The van der Waals surface area contributed by atoms with Crippen LogP contribution in [0, 0.1) is 20.8 Å². The quantitative estimate of drug-likeness (QED) is 0.375. The standard InChI is InChI=1S/C24H24N4OS2/c1-16-9-11-19(12-10-16)28-21(14-20-8-5-13-30-20)26-27-24(28)31-15-22(29)25-23-17(2)6-4-7-18(23)3/h4-13H,14-15H2,1-3H3,(H,25,29). The highest BCUT2D eigenvalue weighted by atomic mass is 32.2. The number of carbonyl (C=O) groups is 1. The Hall–Kier alpha value is -2.90. The Morgan fingerprint density at radius 2 is 1.74 bits per heavy atom. The predicted molar refractivity (Wildman–Crippen MR) is 128 cm³/mol. The molecule has 2 aromatic heterocycles. The minimum atomic E-state index is -0.0549. The Balaban J connectivity index is 1.55. The lowest BCUT2D eigenvalue weighted by Gasteiger charge is -2.12. The molecule has 0 aliphatic heterocycles. The van der Waals surface area contributed by atoms with Crippen molar-refractivity contribution in [1.29, 1.82) is 0 Å². The first kappa shape index (κ1) is 21.3. The van der Waals surface area contributed by atoms with Gasteiger partial charge in [-0.25, -0.2) is 0 Å². The first-order valence-corrected chi connectivity index (χ1v) is 11.9. The topological polar surface area (TPSA) is 59.8 Å². The molecule has 0 unspecified atom stereocenters. The highest BCUT2D eigenvalue weighted by molar-refractivity contribution is 7.99. The van der Waals surface area contributed by atoms with E-state index in [2.05, 4.69) is 62.7 Å². The highest BCUT2D eigenvalue weighted by Crippen LogP contribution is 2.26. The summed E-state index contributed by atoms with van der Waals surface area (Å²) in [5.41, 5.74) is 5.18. The molecule has 0 atom stereocenters. The minimum absolute atomic E-state index is 0.0549. The summed E-state index contributed by atoms with van der Waals surface area (Å²) in [6.07, 6.45) is 0.702. The van der Waals surface area contributed by atoms with Crippen molar-refractivity contribution in [3.05, 3.63) is 87.4 Å². The summed E-state index contributed by atoms with van der Waals surface area (Å²) >= 11 is 3.10. The summed E-state index contributed by atoms with van der Waals surface area (Å²) in [5.74, 6) is 1.07. The number of thioether (sulfide) groups is 1. The van der Waals surface area contributed by atoms with E-state index in [0.29, 0.717) is 11.6 Å². The smallest absolute Gasteiger partial charge is 0.234 e. The highest BCUT2D eigenvalue weighted by Gasteiger charge is 2.17. The van der Waals surface area contributed by atoms with Crippen LogP contribution < -0.4 is 5.32 Å². The van der Waals surface area contributed by atoms with Crippen LogP contribution in [0.25, 0.3) is 5.69 Å². The summed E-state index contributed by atoms with van der Waals surface area (Å²) in [7, 11) is 0. The Kier molecular flexibility index (Phi) is 6.53. The zero-order valence-electron chi connectivity index (χ0n) is 17.8. The van der Waals surface area contributed by atoms with Gasteiger partial charge in [-0.1, -0.05) is 53.7 Å². The van der Waals surface area contributed by atoms with E-state index in [0.717, 1.165) is 28.3 Å². The zero-order chi connectivity index (χ0) is 21.8. The third kappa shape index (κ3) is 5.06. The Morgan fingerprint density at radius 3 is 2.42 bits per heavy atom. The van der Waals surface area contributed by atoms with Crippen molar-refractivity contribution in [3.63, 3.8) is 0 Å². The number of nitrogens with one attached hydrogen (secondary N) is 1. The van der Waals surface area contributed by atoms with Gasteiger partial charge >= 0.3 is 0 Å². The van der Waals surface area contributed by atoms with Crippen molar-refractivity contribution >= 4 is 34.7 Å². The Bertz CT molecular complexity index is 1160. The summed E-state index contributed by atoms with van der Waals surface area (Å²) in [6, 6.07) is 18.4. The van der Waals surface area contributed by atoms with E-state index in [1.54, 1.807) is 11.3 Å². The Morgan fingerprint density at radius 1 is 1.00 bits per heavy atom. The number of rotatable bonds is 7. The number of nitrogens with zero attached hydrogens (tertiary/aromatic N) is 3. The van der Waals surface area contributed by atoms with Crippen LogP contribution in [0.15, 0.2) is 65.1 Å². The molecule has 1 N–H and O–H groups in total. The molecule has 31 heavy (non-hydrogen) atoms. The number of hydrogen-bond donors (Lipinski definition) is 1. The van der Waals surface area contributed by atoms with Crippen molar-refractivity contribution < 1.29 is 4.79 Å². The number of amides is 1. The first-order valence-electron chi connectivity index (χ1n) is 10.0. The van der Waals surface area contributed by atoms with E-state index in [9.17, 15) is 4.79 Å². The molecule has 158 valence electrons. The lowest BCUT2D eigenvalue weighted by Crippen LogP contribution is -2.16. The van der Waals surface area contributed by atoms with E-state index < -0.39 is 0 Å². The molecule has 1 amide bonds. The molecule has 2 aromatic carbocycles. The molecule has 0 aliphatic carbocycles. The van der Waals surface area contributed by atoms with Gasteiger partial charge in [0.2, 0.25) is 5.91 Å². The number of hydrogen-bond acceptors (Lipinski definition) is 5. The molecule has 7 heteroatoms.